The van der Waals surface area contributed by atoms with Crippen molar-refractivity contribution in [2.45, 2.75) is 59.0 Å². The second-order valence-electron chi connectivity index (χ2n) is 8.74. The van der Waals surface area contributed by atoms with Gasteiger partial charge in [-0.1, -0.05) is 74.3 Å². The summed E-state index contributed by atoms with van der Waals surface area (Å²) < 4.78 is 0. The number of hydrogen-bond acceptors (Lipinski definition) is 0. The maximum absolute atomic E-state index is 3.44. The van der Waals surface area contributed by atoms with Gasteiger partial charge in [-0.3, -0.25) is 12.2 Å². The van der Waals surface area contributed by atoms with Crippen molar-refractivity contribution in [3.05, 3.63) is 76.7 Å². The Morgan fingerprint density at radius 3 is 1.31 bits per heavy atom. The van der Waals surface area contributed by atoms with E-state index in [1.165, 1.54) is 10.8 Å². The minimum Gasteiger partial charge on any atom is -0.273 e. The molecule has 29 heavy (non-hydrogen) atoms. The van der Waals surface area contributed by atoms with Crippen LogP contribution in [0.3, 0.4) is 0 Å². The molecule has 1 aromatic rings. The van der Waals surface area contributed by atoms with Crippen LogP contribution in [0, 0.1) is 19.1 Å². The van der Waals surface area contributed by atoms with Crippen LogP contribution >= 0.6 is 24.8 Å². The van der Waals surface area contributed by atoms with Gasteiger partial charge < -0.3 is 0 Å². The van der Waals surface area contributed by atoms with Crippen molar-refractivity contribution in [1.82, 2.24) is 0 Å². The molecule has 3 rings (SSSR count). The molecule has 0 nitrogen and oxygen atoms in total. The maximum Gasteiger partial charge on any atom is 2.00 e. The van der Waals surface area contributed by atoms with Gasteiger partial charge in [0.2, 0.25) is 0 Å². The summed E-state index contributed by atoms with van der Waals surface area (Å²) in [7, 11) is 1.48. The summed E-state index contributed by atoms with van der Waals surface area (Å²) in [6, 6.07) is 8.14. The zero-order valence-corrected chi connectivity index (χ0v) is 25.9. The zero-order chi connectivity index (χ0) is 19.8. The number of halogens is 2. The predicted molar refractivity (Wildman–Crippen MR) is 139 cm³/mol. The summed E-state index contributed by atoms with van der Waals surface area (Å²) in [5, 5.41) is 4.29. The first kappa shape index (κ1) is 33.9. The van der Waals surface area contributed by atoms with Gasteiger partial charge in [0.15, 0.2) is 0 Å². The first-order valence-electron chi connectivity index (χ1n) is 9.33. The van der Waals surface area contributed by atoms with Gasteiger partial charge in [-0.15, -0.1) is 37.7 Å². The fraction of sp³-hybridized carbons (Fsp3) is 0.391. The first-order chi connectivity index (χ1) is 12.0. The van der Waals surface area contributed by atoms with E-state index in [9.17, 15) is 0 Å². The minimum absolute atomic E-state index is 0. The SMILES string of the molecule is C[Si](C)(C)C1=CC[C-]=C1.C[Si](C)(C)C1=CC[C-]=C1.Cc1ccccc1[Si].Cl.Cl.[Zr+2]. The fourth-order valence-electron chi connectivity index (χ4n) is 2.41. The van der Waals surface area contributed by atoms with Crippen LogP contribution in [0.2, 0.25) is 39.3 Å². The molecule has 6 heteroatoms. The van der Waals surface area contributed by atoms with E-state index in [0.717, 1.165) is 12.8 Å². The third-order valence-electron chi connectivity index (χ3n) is 4.27. The topological polar surface area (TPSA) is 0 Å². The normalized spacial score (nSPS) is 13.9. The van der Waals surface area contributed by atoms with E-state index in [-0.39, 0.29) is 51.0 Å². The van der Waals surface area contributed by atoms with E-state index in [1.54, 1.807) is 10.4 Å². The van der Waals surface area contributed by atoms with Crippen molar-refractivity contribution in [1.29, 1.82) is 0 Å². The van der Waals surface area contributed by atoms with E-state index >= 15 is 0 Å². The Morgan fingerprint density at radius 2 is 1.14 bits per heavy atom. The molecule has 157 valence electrons. The molecule has 0 spiro atoms. The van der Waals surface area contributed by atoms with Crippen molar-refractivity contribution in [3.63, 3.8) is 0 Å². The van der Waals surface area contributed by atoms with Gasteiger partial charge in [-0.05, 0) is 23.1 Å². The van der Waals surface area contributed by atoms with Crippen molar-refractivity contribution >= 4 is 56.4 Å². The van der Waals surface area contributed by atoms with Crippen molar-refractivity contribution in [2.75, 3.05) is 0 Å². The van der Waals surface area contributed by atoms with Crippen LogP contribution in [-0.2, 0) is 26.2 Å². The summed E-state index contributed by atoms with van der Waals surface area (Å²) in [5.41, 5.74) is 1.28. The smallest absolute Gasteiger partial charge is 0.273 e. The Kier molecular flexibility index (Phi) is 18.7. The molecule has 0 saturated carbocycles. The molecule has 0 aliphatic heterocycles. The monoisotopic (exact) mass is 555 g/mol. The number of benzene rings is 1. The van der Waals surface area contributed by atoms with Gasteiger partial charge in [0, 0.05) is 0 Å². The Bertz CT molecular complexity index is 649. The Labute approximate surface area is 216 Å². The fourth-order valence-corrected chi connectivity index (χ4v) is 5.09. The molecule has 2 aliphatic carbocycles. The first-order valence-corrected chi connectivity index (χ1v) is 16.8. The standard InChI is InChI=1S/2C8H13Si.C7H7Si.2ClH.Zr/c2*1-9(2,3)8-6-4-5-7-8;1-6-4-2-3-5-7(6)8;;;/h2*6-7H,4H2,1-3H3;2-5H,1H3;2*1H;/q2*-1;;;;+2. The number of allylic oxidation sites excluding steroid dienone is 8. The third kappa shape index (κ3) is 14.1. The largest absolute Gasteiger partial charge is 2.00 e. The molecule has 0 heterocycles. The summed E-state index contributed by atoms with van der Waals surface area (Å²) in [4.78, 5) is 0. The van der Waals surface area contributed by atoms with Crippen LogP contribution in [0.25, 0.3) is 0 Å². The summed E-state index contributed by atoms with van der Waals surface area (Å²) in [6.45, 7) is 16.3. The molecule has 1 aromatic carbocycles. The van der Waals surface area contributed by atoms with Crippen LogP contribution in [0.1, 0.15) is 18.4 Å². The molecular formula is C23H35Cl2Si3Zr. The van der Waals surface area contributed by atoms with Crippen molar-refractivity contribution in [2.24, 2.45) is 0 Å². The summed E-state index contributed by atoms with van der Waals surface area (Å²) in [5.74, 6) is 0. The average molecular weight is 558 g/mol. The van der Waals surface area contributed by atoms with Crippen molar-refractivity contribution in [3.8, 4) is 0 Å². The maximum atomic E-state index is 3.44. The van der Waals surface area contributed by atoms with Crippen LogP contribution < -0.4 is 5.19 Å². The number of aryl methyl sites for hydroxylation is 1. The number of rotatable bonds is 2. The third-order valence-corrected chi connectivity index (χ3v) is 8.99. The van der Waals surface area contributed by atoms with E-state index in [4.69, 9.17) is 0 Å². The molecule has 0 amide bonds. The molecule has 3 radical (unpaired) electrons. The van der Waals surface area contributed by atoms with Gasteiger partial charge in [0.25, 0.3) is 0 Å². The van der Waals surface area contributed by atoms with E-state index in [2.05, 4.69) is 99.0 Å². The molecule has 0 unspecified atom stereocenters. The Hall–Kier alpha value is 0.294. The molecule has 0 N–H and O–H groups in total. The molecule has 0 atom stereocenters. The molecule has 2 aliphatic rings. The van der Waals surface area contributed by atoms with Crippen molar-refractivity contribution < 1.29 is 26.2 Å². The van der Waals surface area contributed by atoms with Crippen LogP contribution in [0.4, 0.5) is 0 Å². The van der Waals surface area contributed by atoms with Crippen LogP contribution in [-0.4, -0.2) is 26.4 Å². The second kappa shape index (κ2) is 16.0. The molecule has 0 saturated heterocycles. The van der Waals surface area contributed by atoms with Gasteiger partial charge in [-0.25, -0.2) is 22.5 Å². The molecule has 0 aromatic heterocycles. The summed E-state index contributed by atoms with van der Waals surface area (Å²) in [6.07, 6.45) is 17.4. The van der Waals surface area contributed by atoms with Crippen LogP contribution in [0.5, 0.6) is 0 Å². The van der Waals surface area contributed by atoms with E-state index in [1.807, 2.05) is 18.2 Å². The molecular weight excluding hydrogens is 523 g/mol. The quantitative estimate of drug-likeness (QED) is 0.279. The molecule has 0 bridgehead atoms. The minimum atomic E-state index is -0.981. The van der Waals surface area contributed by atoms with Crippen LogP contribution in [0.15, 0.2) is 59.0 Å². The molecule has 0 fully saturated rings. The Morgan fingerprint density at radius 1 is 0.759 bits per heavy atom. The number of hydrogen-bond donors (Lipinski definition) is 0. The van der Waals surface area contributed by atoms with Gasteiger partial charge in [-0.2, -0.15) is 12.2 Å². The van der Waals surface area contributed by atoms with E-state index < -0.39 is 16.1 Å². The van der Waals surface area contributed by atoms with Gasteiger partial charge >= 0.3 is 26.2 Å². The van der Waals surface area contributed by atoms with Gasteiger partial charge in [0.05, 0.1) is 10.2 Å². The summed E-state index contributed by atoms with van der Waals surface area (Å²) >= 11 is 0. The Balaban J connectivity index is -0.000000333. The second-order valence-corrected chi connectivity index (χ2v) is 19.4. The average Bonchev–Trinajstić information content (AvgIpc) is 3.24. The van der Waals surface area contributed by atoms with E-state index in [0.29, 0.717) is 0 Å². The zero-order valence-electron chi connectivity index (χ0n) is 18.8. The predicted octanol–water partition coefficient (Wildman–Crippen LogP) is 6.74. The van der Waals surface area contributed by atoms with Gasteiger partial charge in [0.1, 0.15) is 0 Å².